The molecule has 1 heterocycles. The summed E-state index contributed by atoms with van der Waals surface area (Å²) in [6.07, 6.45) is 3.65. The second kappa shape index (κ2) is 5.14. The van der Waals surface area contributed by atoms with E-state index in [1.54, 1.807) is 6.20 Å². The third-order valence-corrected chi connectivity index (χ3v) is 2.22. The fourth-order valence-electron chi connectivity index (χ4n) is 1.20. The second-order valence-electron chi connectivity index (χ2n) is 3.32. The van der Waals surface area contributed by atoms with E-state index in [1.165, 1.54) is 6.33 Å². The van der Waals surface area contributed by atoms with Crippen molar-refractivity contribution in [1.29, 1.82) is 0 Å². The monoisotopic (exact) mass is 209 g/mol. The quantitative estimate of drug-likeness (QED) is 0.325. The largest absolute Gasteiger partial charge is 0.409 e. The van der Waals surface area contributed by atoms with Crippen LogP contribution in [0.4, 0.5) is 5.82 Å². The number of rotatable bonds is 4. The minimum atomic E-state index is 0.107. The van der Waals surface area contributed by atoms with E-state index in [2.05, 4.69) is 15.1 Å². The van der Waals surface area contributed by atoms with Crippen molar-refractivity contribution >= 4 is 11.7 Å². The van der Waals surface area contributed by atoms with Crippen LogP contribution in [0.1, 0.15) is 13.3 Å². The molecule has 0 bridgehead atoms. The highest BCUT2D eigenvalue weighted by Crippen LogP contribution is 2.11. The van der Waals surface area contributed by atoms with Crippen molar-refractivity contribution in [2.75, 3.05) is 11.9 Å². The average molecular weight is 209 g/mol. The van der Waals surface area contributed by atoms with Gasteiger partial charge in [0.05, 0.1) is 0 Å². The van der Waals surface area contributed by atoms with Gasteiger partial charge in [-0.2, -0.15) is 0 Å². The Balaban J connectivity index is 2.65. The third-order valence-electron chi connectivity index (χ3n) is 2.22. The summed E-state index contributed by atoms with van der Waals surface area (Å²) in [4.78, 5) is 9.89. The molecule has 0 aliphatic heterocycles. The first kappa shape index (κ1) is 11.2. The number of aromatic nitrogens is 2. The van der Waals surface area contributed by atoms with E-state index in [0.29, 0.717) is 6.42 Å². The first-order chi connectivity index (χ1) is 7.15. The molecule has 1 unspecified atom stereocenters. The minimum absolute atomic E-state index is 0.107. The molecule has 0 saturated heterocycles. The molecule has 15 heavy (non-hydrogen) atoms. The van der Waals surface area contributed by atoms with Crippen molar-refractivity contribution in [2.24, 2.45) is 10.9 Å². The third kappa shape index (κ3) is 3.08. The molecular formula is C9H15N5O. The lowest BCUT2D eigenvalue weighted by Gasteiger charge is -2.25. The number of nitrogens with zero attached hydrogens (tertiary/aromatic N) is 4. The number of anilines is 1. The van der Waals surface area contributed by atoms with E-state index in [1.807, 2.05) is 24.9 Å². The average Bonchev–Trinajstić information content (AvgIpc) is 2.29. The number of hydrogen-bond donors (Lipinski definition) is 2. The Morgan fingerprint density at radius 2 is 2.47 bits per heavy atom. The molecule has 0 radical (unpaired) electrons. The lowest BCUT2D eigenvalue weighted by Crippen LogP contribution is -2.33. The van der Waals surface area contributed by atoms with E-state index in [-0.39, 0.29) is 11.9 Å². The smallest absolute Gasteiger partial charge is 0.141 e. The van der Waals surface area contributed by atoms with Crippen LogP contribution in [0.25, 0.3) is 0 Å². The van der Waals surface area contributed by atoms with Crippen LogP contribution in [0.15, 0.2) is 23.7 Å². The zero-order chi connectivity index (χ0) is 11.3. The Kier molecular flexibility index (Phi) is 3.84. The summed E-state index contributed by atoms with van der Waals surface area (Å²) in [6.45, 7) is 1.97. The van der Waals surface area contributed by atoms with Gasteiger partial charge in [0.2, 0.25) is 0 Å². The van der Waals surface area contributed by atoms with Gasteiger partial charge in [-0.1, -0.05) is 5.16 Å². The lowest BCUT2D eigenvalue weighted by molar-refractivity contribution is 0.316. The normalized spacial score (nSPS) is 13.6. The summed E-state index contributed by atoms with van der Waals surface area (Å²) in [5.41, 5.74) is 5.43. The molecule has 1 atom stereocenters. The van der Waals surface area contributed by atoms with Crippen molar-refractivity contribution in [1.82, 2.24) is 9.97 Å². The summed E-state index contributed by atoms with van der Waals surface area (Å²) < 4.78 is 0. The molecule has 1 rings (SSSR count). The summed E-state index contributed by atoms with van der Waals surface area (Å²) in [5, 5.41) is 11.4. The fraction of sp³-hybridized carbons (Fsp3) is 0.444. The number of oxime groups is 1. The first-order valence-corrected chi connectivity index (χ1v) is 4.60. The maximum absolute atomic E-state index is 8.45. The molecule has 0 spiro atoms. The molecule has 0 aromatic carbocycles. The minimum Gasteiger partial charge on any atom is -0.409 e. The molecule has 1 aromatic rings. The molecule has 0 saturated carbocycles. The van der Waals surface area contributed by atoms with Crippen LogP contribution >= 0.6 is 0 Å². The van der Waals surface area contributed by atoms with Crippen molar-refractivity contribution in [2.45, 2.75) is 19.4 Å². The molecule has 6 heteroatoms. The lowest BCUT2D eigenvalue weighted by atomic mass is 10.2. The van der Waals surface area contributed by atoms with Gasteiger partial charge in [0.25, 0.3) is 0 Å². The molecule has 0 aliphatic carbocycles. The standard InChI is InChI=1S/C9H15N5O/c1-7(5-8(10)13-15)14(2)9-3-4-11-6-12-9/h3-4,6-7,15H,5H2,1-2H3,(H2,10,13). The van der Waals surface area contributed by atoms with Crippen molar-refractivity contribution in [3.63, 3.8) is 0 Å². The van der Waals surface area contributed by atoms with Crippen molar-refractivity contribution < 1.29 is 5.21 Å². The predicted molar refractivity (Wildman–Crippen MR) is 57.9 cm³/mol. The van der Waals surface area contributed by atoms with E-state index < -0.39 is 0 Å². The van der Waals surface area contributed by atoms with Gasteiger partial charge in [0, 0.05) is 25.7 Å². The zero-order valence-electron chi connectivity index (χ0n) is 8.83. The Hall–Kier alpha value is -1.85. The molecule has 82 valence electrons. The van der Waals surface area contributed by atoms with Crippen LogP contribution in [0.5, 0.6) is 0 Å². The van der Waals surface area contributed by atoms with Gasteiger partial charge < -0.3 is 15.8 Å². The molecule has 3 N–H and O–H groups in total. The van der Waals surface area contributed by atoms with E-state index in [9.17, 15) is 0 Å². The van der Waals surface area contributed by atoms with Crippen LogP contribution in [-0.4, -0.2) is 34.1 Å². The Bertz CT molecular complexity index is 327. The highest BCUT2D eigenvalue weighted by molar-refractivity contribution is 5.80. The Labute approximate surface area is 88.4 Å². The second-order valence-corrected chi connectivity index (χ2v) is 3.32. The highest BCUT2D eigenvalue weighted by atomic mass is 16.4. The number of hydrogen-bond acceptors (Lipinski definition) is 5. The number of amidine groups is 1. The summed E-state index contributed by atoms with van der Waals surface area (Å²) in [6, 6.07) is 1.92. The summed E-state index contributed by atoms with van der Waals surface area (Å²) in [5.74, 6) is 1.02. The number of nitrogens with two attached hydrogens (primary N) is 1. The highest BCUT2D eigenvalue weighted by Gasteiger charge is 2.12. The molecule has 0 fully saturated rings. The van der Waals surface area contributed by atoms with Crippen LogP contribution in [0.3, 0.4) is 0 Å². The van der Waals surface area contributed by atoms with Crippen LogP contribution in [0, 0.1) is 0 Å². The van der Waals surface area contributed by atoms with Gasteiger partial charge in [0.15, 0.2) is 0 Å². The molecule has 0 aliphatic rings. The van der Waals surface area contributed by atoms with E-state index in [4.69, 9.17) is 10.9 Å². The Morgan fingerprint density at radius 3 is 3.00 bits per heavy atom. The van der Waals surface area contributed by atoms with E-state index >= 15 is 0 Å². The van der Waals surface area contributed by atoms with Crippen molar-refractivity contribution in [3.8, 4) is 0 Å². The SMILES string of the molecule is CC(CC(N)=NO)N(C)c1ccncn1. The van der Waals surface area contributed by atoms with Crippen LogP contribution in [0.2, 0.25) is 0 Å². The first-order valence-electron chi connectivity index (χ1n) is 4.60. The van der Waals surface area contributed by atoms with Gasteiger partial charge in [-0.05, 0) is 13.0 Å². The molecule has 0 amide bonds. The van der Waals surface area contributed by atoms with Crippen LogP contribution in [-0.2, 0) is 0 Å². The zero-order valence-corrected chi connectivity index (χ0v) is 8.83. The maximum atomic E-state index is 8.45. The molecule has 6 nitrogen and oxygen atoms in total. The predicted octanol–water partition coefficient (Wildman–Crippen LogP) is 0.438. The van der Waals surface area contributed by atoms with Gasteiger partial charge in [-0.15, -0.1) is 0 Å². The van der Waals surface area contributed by atoms with Crippen LogP contribution < -0.4 is 10.6 Å². The van der Waals surface area contributed by atoms with Gasteiger partial charge in [-0.25, -0.2) is 9.97 Å². The van der Waals surface area contributed by atoms with Gasteiger partial charge in [0.1, 0.15) is 18.0 Å². The summed E-state index contributed by atoms with van der Waals surface area (Å²) >= 11 is 0. The summed E-state index contributed by atoms with van der Waals surface area (Å²) in [7, 11) is 1.90. The topological polar surface area (TPSA) is 87.6 Å². The van der Waals surface area contributed by atoms with Gasteiger partial charge in [-0.3, -0.25) is 0 Å². The molecular weight excluding hydrogens is 194 g/mol. The molecule has 1 aromatic heterocycles. The maximum Gasteiger partial charge on any atom is 0.141 e. The van der Waals surface area contributed by atoms with E-state index in [0.717, 1.165) is 5.82 Å². The Morgan fingerprint density at radius 1 is 1.73 bits per heavy atom. The fourth-order valence-corrected chi connectivity index (χ4v) is 1.20. The van der Waals surface area contributed by atoms with Crippen molar-refractivity contribution in [3.05, 3.63) is 18.6 Å². The van der Waals surface area contributed by atoms with Gasteiger partial charge >= 0.3 is 0 Å².